The highest BCUT2D eigenvalue weighted by atomic mass is 14.6. The predicted molar refractivity (Wildman–Crippen MR) is 64.6 cm³/mol. The molecule has 0 saturated heterocycles. The van der Waals surface area contributed by atoms with Gasteiger partial charge in [-0.2, -0.15) is 0 Å². The van der Waals surface area contributed by atoms with E-state index in [2.05, 4.69) is 27.4 Å². The summed E-state index contributed by atoms with van der Waals surface area (Å²) in [6.07, 6.45) is 7.16. The lowest BCUT2D eigenvalue weighted by Crippen LogP contribution is -2.27. The summed E-state index contributed by atoms with van der Waals surface area (Å²) < 4.78 is 0. The summed E-state index contributed by atoms with van der Waals surface area (Å²) in [7, 11) is 0. The van der Waals surface area contributed by atoms with Crippen LogP contribution in [0, 0.1) is 28.6 Å². The minimum atomic E-state index is 0.526. The Morgan fingerprint density at radius 3 is 2.67 bits per heavy atom. The summed E-state index contributed by atoms with van der Waals surface area (Å²) in [5.41, 5.74) is 2.71. The van der Waals surface area contributed by atoms with E-state index in [0.29, 0.717) is 10.8 Å². The van der Waals surface area contributed by atoms with Crippen molar-refractivity contribution in [2.75, 3.05) is 0 Å². The lowest BCUT2D eigenvalue weighted by Gasteiger charge is -2.34. The van der Waals surface area contributed by atoms with Crippen LogP contribution >= 0.6 is 0 Å². The Morgan fingerprint density at radius 2 is 1.93 bits per heavy atom. The van der Waals surface area contributed by atoms with E-state index in [1.54, 1.807) is 5.57 Å². The molecule has 0 radical (unpaired) electrons. The van der Waals surface area contributed by atoms with Crippen LogP contribution in [0.4, 0.5) is 0 Å². The second-order valence-electron chi connectivity index (χ2n) is 7.30. The minimum Gasteiger partial charge on any atom is -0.0993 e. The first-order valence-electron chi connectivity index (χ1n) is 6.62. The van der Waals surface area contributed by atoms with Gasteiger partial charge in [-0.05, 0) is 60.7 Å². The first kappa shape index (κ1) is 9.93. The predicted octanol–water partition coefficient (Wildman–Crippen LogP) is 4.42. The van der Waals surface area contributed by atoms with Gasteiger partial charge in [-0.3, -0.25) is 0 Å². The Bertz CT molecular complexity index is 312. The van der Waals surface area contributed by atoms with E-state index < -0.39 is 0 Å². The van der Waals surface area contributed by atoms with E-state index in [9.17, 15) is 0 Å². The molecule has 0 heterocycles. The van der Waals surface area contributed by atoms with Crippen LogP contribution in [0.25, 0.3) is 0 Å². The molecule has 3 aliphatic rings. The molecule has 3 aliphatic carbocycles. The van der Waals surface area contributed by atoms with Gasteiger partial charge < -0.3 is 0 Å². The van der Waals surface area contributed by atoms with Crippen molar-refractivity contribution >= 4 is 0 Å². The largest absolute Gasteiger partial charge is 0.0993 e. The average Bonchev–Trinajstić information content (AvgIpc) is 2.65. The molecule has 0 aromatic heterocycles. The molecule has 4 atom stereocenters. The molecule has 3 saturated carbocycles. The molecule has 0 aromatic rings. The van der Waals surface area contributed by atoms with Gasteiger partial charge >= 0.3 is 0 Å². The quantitative estimate of drug-likeness (QED) is 0.513. The van der Waals surface area contributed by atoms with E-state index in [4.69, 9.17) is 0 Å². The van der Waals surface area contributed by atoms with E-state index in [1.807, 2.05) is 0 Å². The zero-order valence-corrected chi connectivity index (χ0v) is 10.5. The second kappa shape index (κ2) is 2.70. The van der Waals surface area contributed by atoms with Crippen LogP contribution in [-0.2, 0) is 0 Å². The van der Waals surface area contributed by atoms with Crippen molar-refractivity contribution in [3.8, 4) is 0 Å². The molecular weight excluding hydrogens is 180 g/mol. The number of rotatable bonds is 0. The molecule has 3 rings (SSSR count). The summed E-state index contributed by atoms with van der Waals surface area (Å²) in [5, 5.41) is 0. The molecule has 0 N–H and O–H groups in total. The third kappa shape index (κ3) is 1.14. The Balaban J connectivity index is 1.95. The summed E-state index contributed by atoms with van der Waals surface area (Å²) in [6.45, 7) is 11.8. The molecular formula is C15H24. The van der Waals surface area contributed by atoms with Crippen LogP contribution in [0.1, 0.15) is 52.9 Å². The van der Waals surface area contributed by atoms with Crippen LogP contribution in [0.3, 0.4) is 0 Å². The van der Waals surface area contributed by atoms with Crippen LogP contribution in [0.15, 0.2) is 12.2 Å². The van der Waals surface area contributed by atoms with Crippen LogP contribution in [-0.4, -0.2) is 0 Å². The molecule has 0 bridgehead atoms. The highest BCUT2D eigenvalue weighted by Gasteiger charge is 2.59. The third-order valence-corrected chi connectivity index (χ3v) is 5.92. The number of hydrogen-bond acceptors (Lipinski definition) is 0. The Labute approximate surface area is 94.1 Å². The van der Waals surface area contributed by atoms with E-state index in [1.165, 1.54) is 32.1 Å². The fourth-order valence-corrected chi connectivity index (χ4v) is 5.15. The summed E-state index contributed by atoms with van der Waals surface area (Å²) in [6, 6.07) is 0. The molecule has 0 nitrogen and oxygen atoms in total. The van der Waals surface area contributed by atoms with Gasteiger partial charge in [0.05, 0.1) is 0 Å². The maximum atomic E-state index is 4.38. The van der Waals surface area contributed by atoms with Gasteiger partial charge in [0.2, 0.25) is 0 Å². The molecule has 0 amide bonds. The van der Waals surface area contributed by atoms with Gasteiger partial charge in [0.15, 0.2) is 0 Å². The van der Waals surface area contributed by atoms with E-state index in [-0.39, 0.29) is 0 Å². The average molecular weight is 204 g/mol. The highest BCUT2D eigenvalue weighted by Crippen LogP contribution is 2.68. The molecule has 0 heteroatoms. The van der Waals surface area contributed by atoms with Crippen molar-refractivity contribution in [2.24, 2.45) is 28.6 Å². The van der Waals surface area contributed by atoms with Gasteiger partial charge in [-0.25, -0.2) is 0 Å². The van der Waals surface area contributed by atoms with E-state index >= 15 is 0 Å². The molecule has 0 aliphatic heterocycles. The van der Waals surface area contributed by atoms with Crippen LogP contribution in [0.2, 0.25) is 0 Å². The van der Waals surface area contributed by atoms with Crippen molar-refractivity contribution in [2.45, 2.75) is 52.9 Å². The van der Waals surface area contributed by atoms with Gasteiger partial charge in [0, 0.05) is 0 Å². The second-order valence-corrected chi connectivity index (χ2v) is 7.30. The lowest BCUT2D eigenvalue weighted by molar-refractivity contribution is 0.207. The Morgan fingerprint density at radius 1 is 1.20 bits per heavy atom. The van der Waals surface area contributed by atoms with Gasteiger partial charge in [0.1, 0.15) is 0 Å². The van der Waals surface area contributed by atoms with Crippen LogP contribution < -0.4 is 0 Å². The first-order valence-corrected chi connectivity index (χ1v) is 6.62. The van der Waals surface area contributed by atoms with E-state index in [0.717, 1.165) is 17.8 Å². The monoisotopic (exact) mass is 204 g/mol. The highest BCUT2D eigenvalue weighted by molar-refractivity contribution is 5.24. The molecule has 15 heavy (non-hydrogen) atoms. The molecule has 3 fully saturated rings. The Kier molecular flexibility index (Phi) is 1.79. The van der Waals surface area contributed by atoms with Gasteiger partial charge in [-0.1, -0.05) is 32.9 Å². The number of hydrogen-bond donors (Lipinski definition) is 0. The summed E-state index contributed by atoms with van der Waals surface area (Å²) in [4.78, 5) is 0. The number of allylic oxidation sites excluding steroid dienone is 1. The maximum Gasteiger partial charge on any atom is -0.00595 e. The van der Waals surface area contributed by atoms with Crippen molar-refractivity contribution in [1.82, 2.24) is 0 Å². The van der Waals surface area contributed by atoms with Gasteiger partial charge in [0.25, 0.3) is 0 Å². The lowest BCUT2D eigenvalue weighted by atomic mass is 9.70. The molecule has 0 unspecified atom stereocenters. The SMILES string of the molecule is C=C1CC[C@H]2C[C@@H]3CC(C)(C)C[C@@H]3[C@@]12C. The molecule has 84 valence electrons. The third-order valence-electron chi connectivity index (χ3n) is 5.92. The molecule has 0 aromatic carbocycles. The van der Waals surface area contributed by atoms with Crippen molar-refractivity contribution in [1.29, 1.82) is 0 Å². The zero-order valence-electron chi connectivity index (χ0n) is 10.5. The van der Waals surface area contributed by atoms with Gasteiger partial charge in [-0.15, -0.1) is 0 Å². The summed E-state index contributed by atoms with van der Waals surface area (Å²) >= 11 is 0. The summed E-state index contributed by atoms with van der Waals surface area (Å²) in [5.74, 6) is 2.97. The van der Waals surface area contributed by atoms with Crippen molar-refractivity contribution in [3.63, 3.8) is 0 Å². The minimum absolute atomic E-state index is 0.526. The normalized spacial score (nSPS) is 51.9. The smallest absolute Gasteiger partial charge is 0.00595 e. The van der Waals surface area contributed by atoms with Crippen molar-refractivity contribution in [3.05, 3.63) is 12.2 Å². The fraction of sp³-hybridized carbons (Fsp3) is 0.867. The molecule has 0 spiro atoms. The van der Waals surface area contributed by atoms with Crippen LogP contribution in [0.5, 0.6) is 0 Å². The zero-order chi connectivity index (χ0) is 10.8. The number of fused-ring (bicyclic) bond motifs is 3. The van der Waals surface area contributed by atoms with Crippen molar-refractivity contribution < 1.29 is 0 Å². The standard InChI is InChI=1S/C15H24/c1-10-5-6-12-7-11-8-14(2,3)9-13(11)15(10,12)4/h11-13H,1,5-9H2,2-4H3/t11-,12+,13+,15+/m1/s1. The first-order chi connectivity index (χ1) is 6.93. The maximum absolute atomic E-state index is 4.38. The fourth-order valence-electron chi connectivity index (χ4n) is 5.15. The Hall–Kier alpha value is -0.260. The topological polar surface area (TPSA) is 0 Å².